The van der Waals surface area contributed by atoms with Crippen LogP contribution in [0.2, 0.25) is 0 Å². The maximum absolute atomic E-state index is 12.0. The van der Waals surface area contributed by atoms with E-state index in [1.807, 2.05) is 0 Å². The third-order valence-corrected chi connectivity index (χ3v) is 4.54. The van der Waals surface area contributed by atoms with Crippen LogP contribution in [0.1, 0.15) is 70.9 Å². The molecule has 1 fully saturated rings. The van der Waals surface area contributed by atoms with Crippen molar-refractivity contribution in [3.63, 3.8) is 0 Å². The minimum atomic E-state index is -0.0587. The molecule has 0 atom stereocenters. The topological polar surface area (TPSA) is 91.5 Å². The molecule has 26 heavy (non-hydrogen) atoms. The first kappa shape index (κ1) is 20.3. The molecule has 2 rings (SSSR count). The number of carbonyl (C=O) groups is 1. The van der Waals surface area contributed by atoms with Crippen LogP contribution in [-0.2, 0) is 16.8 Å². The van der Waals surface area contributed by atoms with Crippen LogP contribution in [0.25, 0.3) is 0 Å². The number of aliphatic imine (C=N–C) groups is 1. The summed E-state index contributed by atoms with van der Waals surface area (Å²) >= 11 is 0. The largest absolute Gasteiger partial charge is 0.443 e. The number of rotatable bonds is 6. The Morgan fingerprint density at radius 1 is 1.27 bits per heavy atom. The second-order valence-corrected chi connectivity index (χ2v) is 7.87. The van der Waals surface area contributed by atoms with E-state index in [2.05, 4.69) is 46.7 Å². The Hall–Kier alpha value is -2.05. The normalized spacial score (nSPS) is 16.4. The molecule has 0 unspecified atom stereocenters. The zero-order valence-corrected chi connectivity index (χ0v) is 16.5. The second kappa shape index (κ2) is 9.59. The van der Waals surface area contributed by atoms with Crippen molar-refractivity contribution < 1.29 is 9.21 Å². The number of aromatic nitrogens is 1. The van der Waals surface area contributed by atoms with Gasteiger partial charge in [-0.1, -0.05) is 40.0 Å². The van der Waals surface area contributed by atoms with Crippen LogP contribution in [-0.4, -0.2) is 36.5 Å². The van der Waals surface area contributed by atoms with E-state index < -0.39 is 0 Å². The molecular weight excluding hydrogens is 330 g/mol. The number of oxazole rings is 1. The first-order chi connectivity index (χ1) is 12.4. The van der Waals surface area contributed by atoms with Crippen molar-refractivity contribution in [2.75, 3.05) is 13.6 Å². The zero-order chi connectivity index (χ0) is 19.0. The van der Waals surface area contributed by atoms with Gasteiger partial charge in [-0.05, 0) is 12.8 Å². The van der Waals surface area contributed by atoms with E-state index >= 15 is 0 Å². The summed E-state index contributed by atoms with van der Waals surface area (Å²) in [5.41, 5.74) is -0.0587. The number of carbonyl (C=O) groups excluding carboxylic acids is 1. The second-order valence-electron chi connectivity index (χ2n) is 7.87. The third kappa shape index (κ3) is 6.69. The summed E-state index contributed by atoms with van der Waals surface area (Å²) in [6, 6.07) is 0.357. The van der Waals surface area contributed by atoms with Gasteiger partial charge in [0.25, 0.3) is 0 Å². The van der Waals surface area contributed by atoms with Crippen molar-refractivity contribution in [3.05, 3.63) is 17.8 Å². The summed E-state index contributed by atoms with van der Waals surface area (Å²) in [4.78, 5) is 20.5. The number of nitrogens with one attached hydrogen (secondary N) is 3. The number of hydrogen-bond donors (Lipinski definition) is 3. The zero-order valence-electron chi connectivity index (χ0n) is 16.5. The van der Waals surface area contributed by atoms with E-state index in [0.717, 1.165) is 18.6 Å². The fourth-order valence-electron chi connectivity index (χ4n) is 2.96. The van der Waals surface area contributed by atoms with E-state index in [1.165, 1.54) is 19.3 Å². The van der Waals surface area contributed by atoms with Crippen LogP contribution in [0.3, 0.4) is 0 Å². The van der Waals surface area contributed by atoms with Gasteiger partial charge in [0.05, 0.1) is 12.7 Å². The predicted molar refractivity (Wildman–Crippen MR) is 103 cm³/mol. The quantitative estimate of drug-likeness (QED) is 0.533. The van der Waals surface area contributed by atoms with Crippen LogP contribution in [0.5, 0.6) is 0 Å². The minimum Gasteiger partial charge on any atom is -0.443 e. The average molecular weight is 364 g/mol. The van der Waals surface area contributed by atoms with E-state index in [0.29, 0.717) is 37.4 Å². The van der Waals surface area contributed by atoms with Crippen molar-refractivity contribution >= 4 is 11.9 Å². The van der Waals surface area contributed by atoms with Crippen LogP contribution < -0.4 is 16.0 Å². The van der Waals surface area contributed by atoms with E-state index in [-0.39, 0.29) is 11.3 Å². The monoisotopic (exact) mass is 363 g/mol. The van der Waals surface area contributed by atoms with Crippen molar-refractivity contribution in [2.24, 2.45) is 4.99 Å². The molecule has 0 aromatic carbocycles. The predicted octanol–water partition coefficient (Wildman–Crippen LogP) is 2.48. The lowest BCUT2D eigenvalue weighted by Crippen LogP contribution is -2.41. The molecule has 1 saturated carbocycles. The van der Waals surface area contributed by atoms with Crippen LogP contribution in [0.15, 0.2) is 15.6 Å². The molecule has 1 aliphatic carbocycles. The molecule has 0 radical (unpaired) electrons. The molecule has 0 aliphatic heterocycles. The Kier molecular flexibility index (Phi) is 7.48. The van der Waals surface area contributed by atoms with Gasteiger partial charge in [-0.2, -0.15) is 0 Å². The Morgan fingerprint density at radius 3 is 2.62 bits per heavy atom. The van der Waals surface area contributed by atoms with Gasteiger partial charge in [0, 0.05) is 31.5 Å². The molecule has 0 bridgehead atoms. The van der Waals surface area contributed by atoms with Crippen LogP contribution >= 0.6 is 0 Å². The average Bonchev–Trinajstić information content (AvgIpc) is 3.08. The fraction of sp³-hybridized carbons (Fsp3) is 0.737. The molecule has 3 N–H and O–H groups in total. The number of nitrogens with zero attached hydrogens (tertiary/aromatic N) is 2. The molecule has 1 amide bonds. The van der Waals surface area contributed by atoms with Gasteiger partial charge in [0.1, 0.15) is 5.76 Å². The summed E-state index contributed by atoms with van der Waals surface area (Å²) in [6.07, 6.45) is 8.14. The highest BCUT2D eigenvalue weighted by Gasteiger charge is 2.19. The van der Waals surface area contributed by atoms with Crippen molar-refractivity contribution in [2.45, 2.75) is 77.3 Å². The molecule has 146 valence electrons. The summed E-state index contributed by atoms with van der Waals surface area (Å²) in [5.74, 6) is 2.21. The first-order valence-electron chi connectivity index (χ1n) is 9.57. The van der Waals surface area contributed by atoms with Crippen molar-refractivity contribution in [1.29, 1.82) is 0 Å². The summed E-state index contributed by atoms with van der Waals surface area (Å²) < 4.78 is 5.75. The van der Waals surface area contributed by atoms with Gasteiger partial charge in [-0.15, -0.1) is 0 Å². The summed E-state index contributed by atoms with van der Waals surface area (Å²) in [5, 5.41) is 9.43. The van der Waals surface area contributed by atoms with Gasteiger partial charge in [-0.25, -0.2) is 4.98 Å². The SMILES string of the molecule is CN=C(NCCC(=O)NC1CCCCC1)NCc1ncc(C(C)(C)C)o1. The third-order valence-electron chi connectivity index (χ3n) is 4.54. The molecule has 7 heteroatoms. The first-order valence-corrected chi connectivity index (χ1v) is 9.57. The Bertz CT molecular complexity index is 597. The highest BCUT2D eigenvalue weighted by Crippen LogP contribution is 2.22. The van der Waals surface area contributed by atoms with Gasteiger partial charge in [-0.3, -0.25) is 9.79 Å². The number of amides is 1. The fourth-order valence-corrected chi connectivity index (χ4v) is 2.96. The lowest BCUT2D eigenvalue weighted by Gasteiger charge is -2.22. The van der Waals surface area contributed by atoms with Gasteiger partial charge in [0.2, 0.25) is 11.8 Å². The minimum absolute atomic E-state index is 0.0587. The van der Waals surface area contributed by atoms with E-state index in [1.54, 1.807) is 13.2 Å². The Labute approximate surface area is 156 Å². The molecule has 1 aromatic rings. The molecule has 1 aliphatic rings. The van der Waals surface area contributed by atoms with E-state index in [4.69, 9.17) is 4.42 Å². The highest BCUT2D eigenvalue weighted by molar-refractivity contribution is 5.81. The smallest absolute Gasteiger partial charge is 0.221 e. The molecule has 0 spiro atoms. The molecular formula is C19H33N5O2. The number of guanidine groups is 1. The van der Waals surface area contributed by atoms with Gasteiger partial charge >= 0.3 is 0 Å². The van der Waals surface area contributed by atoms with Gasteiger partial charge < -0.3 is 20.4 Å². The highest BCUT2D eigenvalue weighted by atomic mass is 16.4. The molecule has 1 aromatic heterocycles. The number of hydrogen-bond acceptors (Lipinski definition) is 4. The molecule has 7 nitrogen and oxygen atoms in total. The standard InChI is InChI=1S/C19H33N5O2/c1-19(2,3)15-12-22-17(26-15)13-23-18(20-4)21-11-10-16(25)24-14-8-6-5-7-9-14/h12,14H,5-11,13H2,1-4H3,(H,24,25)(H2,20,21,23). The summed E-state index contributed by atoms with van der Waals surface area (Å²) in [6.45, 7) is 7.25. The Morgan fingerprint density at radius 2 is 2.00 bits per heavy atom. The molecule has 1 heterocycles. The lowest BCUT2D eigenvalue weighted by molar-refractivity contribution is -0.121. The maximum atomic E-state index is 12.0. The van der Waals surface area contributed by atoms with Crippen LogP contribution in [0, 0.1) is 0 Å². The maximum Gasteiger partial charge on any atom is 0.221 e. The summed E-state index contributed by atoms with van der Waals surface area (Å²) in [7, 11) is 1.70. The van der Waals surface area contributed by atoms with Gasteiger partial charge in [0.15, 0.2) is 5.96 Å². The van der Waals surface area contributed by atoms with E-state index in [9.17, 15) is 4.79 Å². The Balaban J connectivity index is 1.67. The van der Waals surface area contributed by atoms with Crippen LogP contribution in [0.4, 0.5) is 0 Å². The van der Waals surface area contributed by atoms with Crippen molar-refractivity contribution in [3.8, 4) is 0 Å². The van der Waals surface area contributed by atoms with Crippen molar-refractivity contribution in [1.82, 2.24) is 20.9 Å². The lowest BCUT2D eigenvalue weighted by atomic mass is 9.94. The molecule has 0 saturated heterocycles.